The third-order valence-corrected chi connectivity index (χ3v) is 2.77. The van der Waals surface area contributed by atoms with Crippen molar-refractivity contribution in [2.75, 3.05) is 12.3 Å². The molecule has 0 aliphatic carbocycles. The molecule has 0 fully saturated rings. The van der Waals surface area contributed by atoms with Gasteiger partial charge in [-0.05, 0) is 24.4 Å². The van der Waals surface area contributed by atoms with E-state index >= 15 is 0 Å². The molecule has 1 heterocycles. The first-order chi connectivity index (χ1) is 7.20. The zero-order valence-corrected chi connectivity index (χ0v) is 9.77. The van der Waals surface area contributed by atoms with Crippen LogP contribution in [0.15, 0.2) is 18.3 Å². The summed E-state index contributed by atoms with van der Waals surface area (Å²) in [6, 6.07) is 3.34. The first-order valence-electron chi connectivity index (χ1n) is 4.44. The fraction of sp³-hybridized carbons (Fsp3) is 0.333. The van der Waals surface area contributed by atoms with Crippen LogP contribution in [0.5, 0.6) is 5.75 Å². The van der Waals surface area contributed by atoms with Crippen LogP contribution in [-0.2, 0) is 5.75 Å². The van der Waals surface area contributed by atoms with E-state index in [-0.39, 0.29) is 5.75 Å². The Kier molecular flexibility index (Phi) is 5.20. The van der Waals surface area contributed by atoms with E-state index in [1.807, 2.05) is 0 Å². The second-order valence-electron chi connectivity index (χ2n) is 2.81. The van der Waals surface area contributed by atoms with E-state index in [9.17, 15) is 5.11 Å². The minimum absolute atomic E-state index is 0.243. The molecule has 0 atom stereocenters. The number of aromatic hydroxyl groups is 1. The number of thiocarbonyl (C=S) groups is 1. The standard InChI is InChI=1S/C9H13N3OS2/c10-9(14)12-4-5-15-6-7-8(13)2-1-3-11-7/h1-3,13H,4-6H2,(H3,10,12,14). The first kappa shape index (κ1) is 12.1. The molecule has 1 aromatic heterocycles. The van der Waals surface area contributed by atoms with Gasteiger partial charge in [0.25, 0.3) is 0 Å². The molecule has 0 amide bonds. The van der Waals surface area contributed by atoms with E-state index in [4.69, 9.17) is 5.73 Å². The van der Waals surface area contributed by atoms with Gasteiger partial charge in [-0.1, -0.05) is 0 Å². The number of nitrogens with two attached hydrogens (primary N) is 1. The van der Waals surface area contributed by atoms with E-state index in [0.29, 0.717) is 16.6 Å². The van der Waals surface area contributed by atoms with Crippen molar-refractivity contribution in [1.82, 2.24) is 10.3 Å². The molecule has 0 aliphatic heterocycles. The quantitative estimate of drug-likeness (QED) is 0.526. The summed E-state index contributed by atoms with van der Waals surface area (Å²) < 4.78 is 0. The predicted molar refractivity (Wildman–Crippen MR) is 66.9 cm³/mol. The smallest absolute Gasteiger partial charge is 0.163 e. The molecule has 0 aromatic carbocycles. The Hall–Kier alpha value is -1.01. The highest BCUT2D eigenvalue weighted by Crippen LogP contribution is 2.18. The first-order valence-corrected chi connectivity index (χ1v) is 6.00. The van der Waals surface area contributed by atoms with Gasteiger partial charge >= 0.3 is 0 Å². The summed E-state index contributed by atoms with van der Waals surface area (Å²) in [4.78, 5) is 4.07. The molecule has 1 rings (SSSR count). The van der Waals surface area contributed by atoms with Crippen molar-refractivity contribution in [3.8, 4) is 5.75 Å². The lowest BCUT2D eigenvalue weighted by Crippen LogP contribution is -2.30. The van der Waals surface area contributed by atoms with Crippen molar-refractivity contribution in [2.24, 2.45) is 5.73 Å². The van der Waals surface area contributed by atoms with Crippen molar-refractivity contribution >= 4 is 29.1 Å². The number of nitrogens with one attached hydrogen (secondary N) is 1. The second-order valence-corrected chi connectivity index (χ2v) is 4.36. The van der Waals surface area contributed by atoms with Gasteiger partial charge in [0.15, 0.2) is 5.11 Å². The lowest BCUT2D eigenvalue weighted by Gasteiger charge is -2.04. The zero-order valence-electron chi connectivity index (χ0n) is 8.14. The van der Waals surface area contributed by atoms with Crippen molar-refractivity contribution in [3.05, 3.63) is 24.0 Å². The molecule has 6 heteroatoms. The number of nitrogens with zero attached hydrogens (tertiary/aromatic N) is 1. The zero-order chi connectivity index (χ0) is 11.1. The Balaban J connectivity index is 2.21. The summed E-state index contributed by atoms with van der Waals surface area (Å²) in [6.07, 6.45) is 1.67. The van der Waals surface area contributed by atoms with Crippen molar-refractivity contribution < 1.29 is 5.11 Å². The predicted octanol–water partition coefficient (Wildman–Crippen LogP) is 0.854. The third-order valence-electron chi connectivity index (χ3n) is 1.65. The van der Waals surface area contributed by atoms with Crippen LogP contribution in [0.2, 0.25) is 0 Å². The molecule has 0 unspecified atom stereocenters. The molecule has 1 aromatic rings. The Morgan fingerprint density at radius 2 is 2.47 bits per heavy atom. The van der Waals surface area contributed by atoms with Gasteiger partial charge in [-0.25, -0.2) is 0 Å². The maximum atomic E-state index is 9.42. The molecule has 4 N–H and O–H groups in total. The van der Waals surface area contributed by atoms with Crippen LogP contribution < -0.4 is 11.1 Å². The molecule has 15 heavy (non-hydrogen) atoms. The molecule has 0 radical (unpaired) electrons. The van der Waals surface area contributed by atoms with Crippen LogP contribution in [0.3, 0.4) is 0 Å². The number of pyridine rings is 1. The van der Waals surface area contributed by atoms with Gasteiger partial charge in [-0.15, -0.1) is 0 Å². The normalized spacial score (nSPS) is 9.87. The lowest BCUT2D eigenvalue weighted by atomic mass is 10.3. The van der Waals surface area contributed by atoms with E-state index < -0.39 is 0 Å². The molecule has 4 nitrogen and oxygen atoms in total. The van der Waals surface area contributed by atoms with E-state index in [1.54, 1.807) is 30.1 Å². The van der Waals surface area contributed by atoms with Crippen LogP contribution in [0.25, 0.3) is 0 Å². The number of thioether (sulfide) groups is 1. The summed E-state index contributed by atoms with van der Waals surface area (Å²) >= 11 is 6.33. The highest BCUT2D eigenvalue weighted by atomic mass is 32.2. The van der Waals surface area contributed by atoms with Gasteiger partial charge in [-0.2, -0.15) is 11.8 Å². The molecule has 0 aliphatic rings. The largest absolute Gasteiger partial charge is 0.506 e. The summed E-state index contributed by atoms with van der Waals surface area (Å²) in [5.74, 6) is 1.80. The summed E-state index contributed by atoms with van der Waals surface area (Å²) in [5, 5.41) is 12.6. The summed E-state index contributed by atoms with van der Waals surface area (Å²) in [5.41, 5.74) is 5.97. The van der Waals surface area contributed by atoms with Gasteiger partial charge in [-0.3, -0.25) is 4.98 Å². The fourth-order valence-electron chi connectivity index (χ4n) is 0.956. The fourth-order valence-corrected chi connectivity index (χ4v) is 1.86. The Bertz CT molecular complexity index is 333. The molecular weight excluding hydrogens is 230 g/mol. The van der Waals surface area contributed by atoms with Gasteiger partial charge in [0.05, 0.1) is 5.69 Å². The maximum Gasteiger partial charge on any atom is 0.163 e. The van der Waals surface area contributed by atoms with Crippen LogP contribution in [-0.4, -0.2) is 27.5 Å². The Morgan fingerprint density at radius 3 is 3.13 bits per heavy atom. The SMILES string of the molecule is NC(=S)NCCSCc1ncccc1O. The molecule has 0 spiro atoms. The molecule has 0 saturated carbocycles. The van der Waals surface area contributed by atoms with E-state index in [2.05, 4.69) is 22.5 Å². The third kappa shape index (κ3) is 4.85. The van der Waals surface area contributed by atoms with Crippen molar-refractivity contribution in [3.63, 3.8) is 0 Å². The number of rotatable bonds is 5. The average molecular weight is 243 g/mol. The number of hydrogen-bond donors (Lipinski definition) is 3. The van der Waals surface area contributed by atoms with Gasteiger partial charge in [0.1, 0.15) is 5.75 Å². The van der Waals surface area contributed by atoms with Crippen LogP contribution in [0, 0.1) is 0 Å². The van der Waals surface area contributed by atoms with E-state index in [0.717, 1.165) is 12.3 Å². The van der Waals surface area contributed by atoms with Crippen LogP contribution in [0.1, 0.15) is 5.69 Å². The highest BCUT2D eigenvalue weighted by Gasteiger charge is 2.00. The van der Waals surface area contributed by atoms with Gasteiger partial charge in [0.2, 0.25) is 0 Å². The number of aromatic nitrogens is 1. The van der Waals surface area contributed by atoms with Crippen LogP contribution >= 0.6 is 24.0 Å². The minimum atomic E-state index is 0.243. The highest BCUT2D eigenvalue weighted by molar-refractivity contribution is 7.98. The molecular formula is C9H13N3OS2. The Morgan fingerprint density at radius 1 is 1.67 bits per heavy atom. The minimum Gasteiger partial charge on any atom is -0.506 e. The lowest BCUT2D eigenvalue weighted by molar-refractivity contribution is 0.467. The van der Waals surface area contributed by atoms with E-state index in [1.165, 1.54) is 0 Å². The topological polar surface area (TPSA) is 71.2 Å². The Labute approximate surface area is 98.3 Å². The summed E-state index contributed by atoms with van der Waals surface area (Å²) in [7, 11) is 0. The maximum absolute atomic E-state index is 9.42. The second kappa shape index (κ2) is 6.47. The molecule has 0 bridgehead atoms. The van der Waals surface area contributed by atoms with Crippen molar-refractivity contribution in [1.29, 1.82) is 0 Å². The average Bonchev–Trinajstić information content (AvgIpc) is 2.20. The molecule has 0 saturated heterocycles. The molecule has 82 valence electrons. The monoisotopic (exact) mass is 243 g/mol. The van der Waals surface area contributed by atoms with Gasteiger partial charge < -0.3 is 16.2 Å². The van der Waals surface area contributed by atoms with Crippen LogP contribution in [0.4, 0.5) is 0 Å². The van der Waals surface area contributed by atoms with Gasteiger partial charge in [0, 0.05) is 24.2 Å². The van der Waals surface area contributed by atoms with Crippen molar-refractivity contribution in [2.45, 2.75) is 5.75 Å². The summed E-state index contributed by atoms with van der Waals surface area (Å²) in [6.45, 7) is 0.730. The number of hydrogen-bond acceptors (Lipinski definition) is 4.